The zero-order chi connectivity index (χ0) is 9.72. The number of nitrogens with two attached hydrogens (primary N) is 1. The SMILES string of the molecule is CC.Cc1cn(C)c(N)nc1=O. The van der Waals surface area contributed by atoms with E-state index in [4.69, 9.17) is 5.73 Å². The average Bonchev–Trinajstić information content (AvgIpc) is 2.05. The third-order valence-corrected chi connectivity index (χ3v) is 1.30. The summed E-state index contributed by atoms with van der Waals surface area (Å²) < 4.78 is 1.61. The Morgan fingerprint density at radius 3 is 2.42 bits per heavy atom. The molecule has 0 bridgehead atoms. The normalized spacial score (nSPS) is 8.67. The molecular formula is C8H15N3O. The summed E-state index contributed by atoms with van der Waals surface area (Å²) in [5, 5.41) is 0. The fraction of sp³-hybridized carbons (Fsp3) is 0.500. The smallest absolute Gasteiger partial charge is 0.277 e. The van der Waals surface area contributed by atoms with E-state index in [0.29, 0.717) is 5.56 Å². The van der Waals surface area contributed by atoms with E-state index in [1.54, 1.807) is 24.7 Å². The first-order valence-electron chi connectivity index (χ1n) is 3.91. The fourth-order valence-electron chi connectivity index (χ4n) is 0.683. The fourth-order valence-corrected chi connectivity index (χ4v) is 0.683. The van der Waals surface area contributed by atoms with Gasteiger partial charge in [-0.15, -0.1) is 0 Å². The van der Waals surface area contributed by atoms with E-state index < -0.39 is 0 Å². The Balaban J connectivity index is 0.000000561. The van der Waals surface area contributed by atoms with Crippen LogP contribution in [0.15, 0.2) is 11.0 Å². The van der Waals surface area contributed by atoms with Gasteiger partial charge in [-0.05, 0) is 6.92 Å². The summed E-state index contributed by atoms with van der Waals surface area (Å²) >= 11 is 0. The van der Waals surface area contributed by atoms with Gasteiger partial charge < -0.3 is 10.3 Å². The quantitative estimate of drug-likeness (QED) is 0.621. The second kappa shape index (κ2) is 4.54. The molecule has 1 aromatic heterocycles. The molecule has 1 aromatic rings. The summed E-state index contributed by atoms with van der Waals surface area (Å²) in [5.41, 5.74) is 5.70. The Morgan fingerprint density at radius 2 is 2.00 bits per heavy atom. The maximum Gasteiger partial charge on any atom is 0.277 e. The highest BCUT2D eigenvalue weighted by Crippen LogP contribution is 1.91. The number of anilines is 1. The molecular weight excluding hydrogens is 154 g/mol. The number of hydrogen-bond donors (Lipinski definition) is 1. The van der Waals surface area contributed by atoms with Gasteiger partial charge in [0.05, 0.1) is 0 Å². The van der Waals surface area contributed by atoms with Crippen molar-refractivity contribution in [1.29, 1.82) is 0 Å². The van der Waals surface area contributed by atoms with Crippen molar-refractivity contribution in [2.24, 2.45) is 7.05 Å². The van der Waals surface area contributed by atoms with Gasteiger partial charge in [0, 0.05) is 18.8 Å². The minimum atomic E-state index is -0.254. The van der Waals surface area contributed by atoms with Crippen molar-refractivity contribution in [2.75, 3.05) is 5.73 Å². The van der Waals surface area contributed by atoms with Gasteiger partial charge in [0.2, 0.25) is 5.95 Å². The Hall–Kier alpha value is -1.32. The largest absolute Gasteiger partial charge is 0.369 e. The molecule has 1 rings (SSSR count). The van der Waals surface area contributed by atoms with Crippen LogP contribution in [0.3, 0.4) is 0 Å². The van der Waals surface area contributed by atoms with Crippen LogP contribution in [-0.2, 0) is 7.05 Å². The van der Waals surface area contributed by atoms with Crippen LogP contribution in [-0.4, -0.2) is 9.55 Å². The molecule has 4 nitrogen and oxygen atoms in total. The van der Waals surface area contributed by atoms with Crippen LogP contribution in [0.5, 0.6) is 0 Å². The number of nitrogens with zero attached hydrogens (tertiary/aromatic N) is 2. The van der Waals surface area contributed by atoms with Gasteiger partial charge in [0.1, 0.15) is 0 Å². The van der Waals surface area contributed by atoms with Crippen LogP contribution in [0.2, 0.25) is 0 Å². The van der Waals surface area contributed by atoms with Crippen molar-refractivity contribution in [3.05, 3.63) is 22.1 Å². The summed E-state index contributed by atoms with van der Waals surface area (Å²) in [6.07, 6.45) is 1.66. The number of rotatable bonds is 0. The molecule has 0 saturated carbocycles. The molecule has 0 unspecified atom stereocenters. The lowest BCUT2D eigenvalue weighted by atomic mass is 10.4. The number of aryl methyl sites for hydroxylation is 2. The van der Waals surface area contributed by atoms with E-state index in [1.807, 2.05) is 13.8 Å². The Morgan fingerprint density at radius 1 is 1.50 bits per heavy atom. The summed E-state index contributed by atoms with van der Waals surface area (Å²) in [6.45, 7) is 5.70. The minimum absolute atomic E-state index is 0.246. The van der Waals surface area contributed by atoms with Crippen LogP contribution < -0.4 is 11.3 Å². The minimum Gasteiger partial charge on any atom is -0.369 e. The lowest BCUT2D eigenvalue weighted by Crippen LogP contribution is -2.16. The summed E-state index contributed by atoms with van der Waals surface area (Å²) in [6, 6.07) is 0. The Kier molecular flexibility index (Phi) is 4.04. The molecule has 0 aromatic carbocycles. The molecule has 0 aliphatic heterocycles. The van der Waals surface area contributed by atoms with Gasteiger partial charge in [-0.1, -0.05) is 13.8 Å². The van der Waals surface area contributed by atoms with Crippen LogP contribution in [0.4, 0.5) is 5.95 Å². The lowest BCUT2D eigenvalue weighted by molar-refractivity contribution is 0.860. The predicted molar refractivity (Wildman–Crippen MR) is 50.0 cm³/mol. The van der Waals surface area contributed by atoms with Gasteiger partial charge in [0.15, 0.2) is 0 Å². The molecule has 1 heterocycles. The zero-order valence-corrected chi connectivity index (χ0v) is 7.96. The highest BCUT2D eigenvalue weighted by Gasteiger charge is 1.96. The molecule has 0 aliphatic rings. The summed E-state index contributed by atoms with van der Waals surface area (Å²) in [4.78, 5) is 14.3. The van der Waals surface area contributed by atoms with Crippen LogP contribution in [0.1, 0.15) is 19.4 Å². The molecule has 0 fully saturated rings. The highest BCUT2D eigenvalue weighted by atomic mass is 16.1. The molecule has 12 heavy (non-hydrogen) atoms. The lowest BCUT2D eigenvalue weighted by Gasteiger charge is -2.00. The first-order chi connectivity index (χ1) is 5.61. The molecule has 0 saturated heterocycles. The van der Waals surface area contributed by atoms with Gasteiger partial charge >= 0.3 is 0 Å². The van der Waals surface area contributed by atoms with Crippen molar-refractivity contribution in [2.45, 2.75) is 20.8 Å². The molecule has 0 spiro atoms. The summed E-state index contributed by atoms with van der Waals surface area (Å²) in [5.74, 6) is 0.246. The van der Waals surface area contributed by atoms with Crippen molar-refractivity contribution < 1.29 is 0 Å². The third kappa shape index (κ3) is 2.38. The van der Waals surface area contributed by atoms with E-state index >= 15 is 0 Å². The molecule has 0 atom stereocenters. The van der Waals surface area contributed by atoms with E-state index in [1.165, 1.54) is 0 Å². The maximum atomic E-state index is 10.8. The van der Waals surface area contributed by atoms with Crippen LogP contribution >= 0.6 is 0 Å². The van der Waals surface area contributed by atoms with Gasteiger partial charge in [0.25, 0.3) is 5.56 Å². The van der Waals surface area contributed by atoms with Crippen LogP contribution in [0.25, 0.3) is 0 Å². The molecule has 68 valence electrons. The second-order valence-corrected chi connectivity index (χ2v) is 2.20. The third-order valence-electron chi connectivity index (χ3n) is 1.30. The Bertz CT molecular complexity index is 304. The first kappa shape index (κ1) is 10.7. The topological polar surface area (TPSA) is 60.9 Å². The monoisotopic (exact) mass is 169 g/mol. The second-order valence-electron chi connectivity index (χ2n) is 2.20. The molecule has 4 heteroatoms. The number of aromatic nitrogens is 2. The van der Waals surface area contributed by atoms with Crippen molar-refractivity contribution in [1.82, 2.24) is 9.55 Å². The highest BCUT2D eigenvalue weighted by molar-refractivity contribution is 5.18. The van der Waals surface area contributed by atoms with Gasteiger partial charge in [-0.25, -0.2) is 0 Å². The first-order valence-corrected chi connectivity index (χ1v) is 3.91. The predicted octanol–water partition coefficient (Wildman–Crippen LogP) is 0.697. The number of nitrogen functional groups attached to an aromatic ring is 1. The zero-order valence-electron chi connectivity index (χ0n) is 7.96. The van der Waals surface area contributed by atoms with Crippen molar-refractivity contribution in [3.8, 4) is 0 Å². The number of hydrogen-bond acceptors (Lipinski definition) is 3. The molecule has 0 radical (unpaired) electrons. The van der Waals surface area contributed by atoms with Gasteiger partial charge in [-0.3, -0.25) is 4.79 Å². The summed E-state index contributed by atoms with van der Waals surface area (Å²) in [7, 11) is 1.74. The van der Waals surface area contributed by atoms with Gasteiger partial charge in [-0.2, -0.15) is 4.98 Å². The molecule has 0 amide bonds. The molecule has 2 N–H and O–H groups in total. The maximum absolute atomic E-state index is 10.8. The standard InChI is InChI=1S/C6H9N3O.C2H6/c1-4-3-9(2)6(7)8-5(4)10;1-2/h3H,1-2H3,(H2,7,8,10);1-2H3. The van der Waals surface area contributed by atoms with Crippen LogP contribution in [0, 0.1) is 6.92 Å². The Labute approximate surface area is 72.0 Å². The van der Waals surface area contributed by atoms with Crippen molar-refractivity contribution in [3.63, 3.8) is 0 Å². The van der Waals surface area contributed by atoms with Crippen molar-refractivity contribution >= 4 is 5.95 Å². The average molecular weight is 169 g/mol. The van der Waals surface area contributed by atoms with E-state index in [2.05, 4.69) is 4.98 Å². The van der Waals surface area contributed by atoms with E-state index in [9.17, 15) is 4.79 Å². The molecule has 0 aliphatic carbocycles. The van der Waals surface area contributed by atoms with E-state index in [0.717, 1.165) is 0 Å². The van der Waals surface area contributed by atoms with E-state index in [-0.39, 0.29) is 11.5 Å².